The van der Waals surface area contributed by atoms with Crippen LogP contribution in [0.5, 0.6) is 0 Å². The molecule has 2 heterocycles. The van der Waals surface area contributed by atoms with Crippen LogP contribution in [-0.2, 0) is 17.9 Å². The summed E-state index contributed by atoms with van der Waals surface area (Å²) >= 11 is 0. The Morgan fingerprint density at radius 2 is 2.12 bits per heavy atom. The number of amides is 1. The monoisotopic (exact) mass is 349 g/mol. The fraction of sp³-hybridized carbons (Fsp3) is 0.400. The number of aromatic nitrogens is 2. The van der Waals surface area contributed by atoms with Crippen molar-refractivity contribution < 1.29 is 4.79 Å². The summed E-state index contributed by atoms with van der Waals surface area (Å²) < 4.78 is 2.09. The van der Waals surface area contributed by atoms with Gasteiger partial charge < -0.3 is 9.88 Å². The quantitative estimate of drug-likeness (QED) is 0.706. The third-order valence-corrected chi connectivity index (χ3v) is 4.56. The molecule has 3 rings (SSSR count). The van der Waals surface area contributed by atoms with Crippen molar-refractivity contribution in [2.45, 2.75) is 51.4 Å². The average molecular weight is 349 g/mol. The third-order valence-electron chi connectivity index (χ3n) is 4.56. The van der Waals surface area contributed by atoms with Crippen molar-refractivity contribution in [3.05, 3.63) is 53.6 Å². The first-order valence-corrected chi connectivity index (χ1v) is 8.80. The summed E-state index contributed by atoms with van der Waals surface area (Å²) in [5.41, 5.74) is 1.87. The SMILES string of the molecule is C#CCCC1(CCC(=O)NCc2cccc(Cn3ccnc3C)c2)N=N1. The number of terminal acetylenes is 1. The highest BCUT2D eigenvalue weighted by Crippen LogP contribution is 2.37. The Kier molecular flexibility index (Phi) is 5.47. The second-order valence-corrected chi connectivity index (χ2v) is 6.59. The largest absolute Gasteiger partial charge is 0.352 e. The van der Waals surface area contributed by atoms with Gasteiger partial charge in [0.2, 0.25) is 5.91 Å². The highest BCUT2D eigenvalue weighted by Gasteiger charge is 2.39. The molecule has 0 aliphatic carbocycles. The van der Waals surface area contributed by atoms with Crippen LogP contribution in [0, 0.1) is 19.3 Å². The molecule has 0 saturated heterocycles. The minimum atomic E-state index is -0.397. The van der Waals surface area contributed by atoms with E-state index in [1.165, 1.54) is 5.56 Å². The molecule has 26 heavy (non-hydrogen) atoms. The highest BCUT2D eigenvalue weighted by molar-refractivity contribution is 5.76. The topological polar surface area (TPSA) is 71.6 Å². The van der Waals surface area contributed by atoms with Crippen LogP contribution in [0.3, 0.4) is 0 Å². The van der Waals surface area contributed by atoms with Gasteiger partial charge in [0.15, 0.2) is 5.66 Å². The molecular weight excluding hydrogens is 326 g/mol. The molecule has 0 saturated carbocycles. The predicted molar refractivity (Wildman–Crippen MR) is 99.2 cm³/mol. The van der Waals surface area contributed by atoms with Gasteiger partial charge in [0.1, 0.15) is 5.82 Å². The lowest BCUT2D eigenvalue weighted by Crippen LogP contribution is -2.24. The first-order valence-electron chi connectivity index (χ1n) is 8.80. The van der Waals surface area contributed by atoms with Crippen molar-refractivity contribution >= 4 is 5.91 Å². The van der Waals surface area contributed by atoms with Gasteiger partial charge in [-0.2, -0.15) is 10.2 Å². The van der Waals surface area contributed by atoms with E-state index in [1.807, 2.05) is 25.3 Å². The van der Waals surface area contributed by atoms with Gasteiger partial charge in [-0.25, -0.2) is 4.98 Å². The van der Waals surface area contributed by atoms with Crippen molar-refractivity contribution in [3.63, 3.8) is 0 Å². The molecule has 1 aromatic heterocycles. The lowest BCUT2D eigenvalue weighted by molar-refractivity contribution is -0.121. The van der Waals surface area contributed by atoms with Gasteiger partial charge in [-0.3, -0.25) is 4.79 Å². The minimum Gasteiger partial charge on any atom is -0.352 e. The molecule has 0 unspecified atom stereocenters. The number of imidazole rings is 1. The normalized spacial score (nSPS) is 14.0. The van der Waals surface area contributed by atoms with Crippen LogP contribution < -0.4 is 5.32 Å². The molecule has 1 amide bonds. The molecule has 0 spiro atoms. The van der Waals surface area contributed by atoms with Crippen LogP contribution in [0.15, 0.2) is 46.9 Å². The summed E-state index contributed by atoms with van der Waals surface area (Å²) in [7, 11) is 0. The molecule has 1 aliphatic heterocycles. The van der Waals surface area contributed by atoms with Crippen molar-refractivity contribution in [1.82, 2.24) is 14.9 Å². The first kappa shape index (κ1) is 17.9. The summed E-state index contributed by atoms with van der Waals surface area (Å²) in [4.78, 5) is 16.3. The standard InChI is InChI=1S/C20H23N5O/c1-3-4-9-20(23-24-20)10-8-19(26)22-14-17-6-5-7-18(13-17)15-25-12-11-21-16(25)2/h1,5-7,11-13H,4,8-10,14-15H2,2H3,(H,22,26). The van der Waals surface area contributed by atoms with E-state index in [1.54, 1.807) is 6.20 Å². The van der Waals surface area contributed by atoms with Gasteiger partial charge in [-0.15, -0.1) is 12.3 Å². The Morgan fingerprint density at radius 3 is 2.81 bits per heavy atom. The lowest BCUT2D eigenvalue weighted by atomic mass is 10.0. The Bertz CT molecular complexity index is 840. The van der Waals surface area contributed by atoms with E-state index in [0.29, 0.717) is 25.8 Å². The number of hydrogen-bond acceptors (Lipinski definition) is 4. The Hall–Kier alpha value is -2.94. The predicted octanol–water partition coefficient (Wildman–Crippen LogP) is 3.21. The molecular formula is C20H23N5O. The second kappa shape index (κ2) is 7.96. The lowest BCUT2D eigenvalue weighted by Gasteiger charge is -2.10. The summed E-state index contributed by atoms with van der Waals surface area (Å²) in [6, 6.07) is 8.22. The molecule has 6 nitrogen and oxygen atoms in total. The molecule has 0 bridgehead atoms. The molecule has 6 heteroatoms. The van der Waals surface area contributed by atoms with E-state index in [4.69, 9.17) is 6.42 Å². The van der Waals surface area contributed by atoms with Crippen LogP contribution >= 0.6 is 0 Å². The maximum Gasteiger partial charge on any atom is 0.220 e. The number of carbonyl (C=O) groups excluding carboxylic acids is 1. The minimum absolute atomic E-state index is 0.0123. The van der Waals surface area contributed by atoms with Crippen molar-refractivity contribution in [2.75, 3.05) is 0 Å². The number of benzene rings is 1. The molecule has 2 aromatic rings. The number of aryl methyl sites for hydroxylation is 1. The van der Waals surface area contributed by atoms with Gasteiger partial charge in [-0.1, -0.05) is 24.3 Å². The average Bonchev–Trinajstić information content (AvgIpc) is 3.32. The molecule has 1 aromatic carbocycles. The zero-order valence-electron chi connectivity index (χ0n) is 15.0. The fourth-order valence-electron chi connectivity index (χ4n) is 2.88. The van der Waals surface area contributed by atoms with Crippen molar-refractivity contribution in [2.24, 2.45) is 10.2 Å². The maximum absolute atomic E-state index is 12.1. The Balaban J connectivity index is 1.46. The van der Waals surface area contributed by atoms with E-state index in [9.17, 15) is 4.79 Å². The third kappa shape index (κ3) is 4.79. The summed E-state index contributed by atoms with van der Waals surface area (Å²) in [6.45, 7) is 3.27. The Morgan fingerprint density at radius 1 is 1.31 bits per heavy atom. The zero-order valence-corrected chi connectivity index (χ0v) is 15.0. The smallest absolute Gasteiger partial charge is 0.220 e. The number of carbonyl (C=O) groups is 1. The van der Waals surface area contributed by atoms with E-state index >= 15 is 0 Å². The second-order valence-electron chi connectivity index (χ2n) is 6.59. The first-order chi connectivity index (χ1) is 12.6. The number of nitrogens with one attached hydrogen (secondary N) is 1. The number of rotatable bonds is 9. The summed E-state index contributed by atoms with van der Waals surface area (Å²) in [5.74, 6) is 3.59. The number of nitrogens with zero attached hydrogens (tertiary/aromatic N) is 4. The van der Waals surface area contributed by atoms with Crippen molar-refractivity contribution in [3.8, 4) is 12.3 Å². The molecule has 0 radical (unpaired) electrons. The van der Waals surface area contributed by atoms with E-state index in [0.717, 1.165) is 24.4 Å². The van der Waals surface area contributed by atoms with Gasteiger partial charge in [0, 0.05) is 51.2 Å². The fourth-order valence-corrected chi connectivity index (χ4v) is 2.88. The van der Waals surface area contributed by atoms with Crippen LogP contribution in [0.2, 0.25) is 0 Å². The molecule has 0 atom stereocenters. The van der Waals surface area contributed by atoms with Crippen LogP contribution in [0.4, 0.5) is 0 Å². The van der Waals surface area contributed by atoms with Gasteiger partial charge in [0.05, 0.1) is 0 Å². The van der Waals surface area contributed by atoms with Gasteiger partial charge >= 0.3 is 0 Å². The van der Waals surface area contributed by atoms with Crippen LogP contribution in [0.1, 0.15) is 42.6 Å². The highest BCUT2D eigenvalue weighted by atomic mass is 16.1. The van der Waals surface area contributed by atoms with E-state index in [2.05, 4.69) is 43.1 Å². The summed E-state index contributed by atoms with van der Waals surface area (Å²) in [6.07, 6.45) is 11.4. The van der Waals surface area contributed by atoms with Crippen molar-refractivity contribution in [1.29, 1.82) is 0 Å². The summed E-state index contributed by atoms with van der Waals surface area (Å²) in [5, 5.41) is 11.1. The van der Waals surface area contributed by atoms with Gasteiger partial charge in [0.25, 0.3) is 0 Å². The molecule has 0 fully saturated rings. The Labute approximate surface area is 153 Å². The molecule has 134 valence electrons. The van der Waals surface area contributed by atoms with E-state index in [-0.39, 0.29) is 5.91 Å². The molecule has 1 N–H and O–H groups in total. The van der Waals surface area contributed by atoms with Crippen LogP contribution in [0.25, 0.3) is 0 Å². The maximum atomic E-state index is 12.1. The van der Waals surface area contributed by atoms with Gasteiger partial charge in [-0.05, 0) is 18.1 Å². The molecule has 1 aliphatic rings. The zero-order chi connectivity index (χ0) is 18.4. The number of hydrogen-bond donors (Lipinski definition) is 1. The van der Waals surface area contributed by atoms with E-state index < -0.39 is 5.66 Å². The van der Waals surface area contributed by atoms with Crippen LogP contribution in [-0.4, -0.2) is 21.1 Å².